The van der Waals surface area contributed by atoms with Crippen LogP contribution < -0.4 is 0 Å². The van der Waals surface area contributed by atoms with Gasteiger partial charge in [0.2, 0.25) is 0 Å². The lowest BCUT2D eigenvalue weighted by molar-refractivity contribution is -0.204. The fourth-order valence-corrected chi connectivity index (χ4v) is 1.10. The van der Waals surface area contributed by atoms with Crippen LogP contribution in [0.3, 0.4) is 0 Å². The second-order valence-corrected chi connectivity index (χ2v) is 3.53. The highest BCUT2D eigenvalue weighted by Gasteiger charge is 2.22. The smallest absolute Gasteiger partial charge is 0.169 e. The molecule has 0 spiro atoms. The van der Waals surface area contributed by atoms with E-state index in [1.165, 1.54) is 0 Å². The molecule has 60 valence electrons. The van der Waals surface area contributed by atoms with Crippen LogP contribution in [0.5, 0.6) is 0 Å². The van der Waals surface area contributed by atoms with Gasteiger partial charge in [-0.05, 0) is 20.3 Å². The van der Waals surface area contributed by atoms with Gasteiger partial charge < -0.3 is 9.47 Å². The van der Waals surface area contributed by atoms with E-state index in [1.807, 2.05) is 6.92 Å². The largest absolute Gasteiger partial charge is 0.351 e. The molecular weight excluding hydrogens is 148 g/mol. The summed E-state index contributed by atoms with van der Waals surface area (Å²) in [5, 5.41) is 0.169. The number of hydrogen-bond donors (Lipinski definition) is 1. The highest BCUT2D eigenvalue weighted by molar-refractivity contribution is 7.81. The fourth-order valence-electron chi connectivity index (χ4n) is 0.939. The Morgan fingerprint density at radius 1 is 1.60 bits per heavy atom. The van der Waals surface area contributed by atoms with E-state index in [-0.39, 0.29) is 11.5 Å². The molecule has 3 heteroatoms. The molecule has 0 N–H and O–H groups in total. The van der Waals surface area contributed by atoms with Gasteiger partial charge in [0.15, 0.2) is 6.29 Å². The molecule has 0 aromatic rings. The first-order valence-electron chi connectivity index (χ1n) is 3.65. The van der Waals surface area contributed by atoms with Crippen molar-refractivity contribution < 1.29 is 9.47 Å². The molecule has 1 rings (SSSR count). The van der Waals surface area contributed by atoms with E-state index in [4.69, 9.17) is 9.47 Å². The molecule has 0 aromatic carbocycles. The molecule has 1 saturated heterocycles. The van der Waals surface area contributed by atoms with Crippen molar-refractivity contribution in [2.75, 3.05) is 6.61 Å². The number of thiol groups is 1. The molecular formula is C7H14O2S. The summed E-state index contributed by atoms with van der Waals surface area (Å²) in [5.41, 5.74) is 0. The number of ether oxygens (including phenoxy) is 2. The Hall–Kier alpha value is 0.270. The monoisotopic (exact) mass is 162 g/mol. The summed E-state index contributed by atoms with van der Waals surface area (Å²) < 4.78 is 10.8. The average Bonchev–Trinajstić information content (AvgIpc) is 1.88. The van der Waals surface area contributed by atoms with Crippen LogP contribution in [-0.4, -0.2) is 24.3 Å². The van der Waals surface area contributed by atoms with Crippen LogP contribution in [-0.2, 0) is 9.47 Å². The molecule has 0 unspecified atom stereocenters. The summed E-state index contributed by atoms with van der Waals surface area (Å²) in [6.07, 6.45) is 1.22. The SMILES string of the molecule is C[C@H]1CCO[C@@H]([C@@H](C)S)O1. The van der Waals surface area contributed by atoms with Gasteiger partial charge in [-0.25, -0.2) is 0 Å². The Labute approximate surface area is 67.3 Å². The number of hydrogen-bond acceptors (Lipinski definition) is 3. The zero-order valence-electron chi connectivity index (χ0n) is 6.41. The standard InChI is InChI=1S/C7H14O2S/c1-5-3-4-8-7(9-5)6(2)10/h5-7,10H,3-4H2,1-2H3/t5-,6+,7+/m0/s1. The Balaban J connectivity index is 2.32. The van der Waals surface area contributed by atoms with E-state index < -0.39 is 0 Å². The van der Waals surface area contributed by atoms with Crippen LogP contribution in [0.4, 0.5) is 0 Å². The molecule has 1 heterocycles. The lowest BCUT2D eigenvalue weighted by Gasteiger charge is -2.29. The first-order chi connectivity index (χ1) is 4.70. The third-order valence-corrected chi connectivity index (χ3v) is 1.81. The molecule has 1 aliphatic rings. The van der Waals surface area contributed by atoms with E-state index in [2.05, 4.69) is 19.6 Å². The summed E-state index contributed by atoms with van der Waals surface area (Å²) in [6.45, 7) is 4.84. The number of rotatable bonds is 1. The van der Waals surface area contributed by atoms with E-state index in [0.29, 0.717) is 6.10 Å². The van der Waals surface area contributed by atoms with Gasteiger partial charge in [0.05, 0.1) is 18.0 Å². The Bertz CT molecular complexity index is 106. The minimum atomic E-state index is -0.105. The predicted octanol–water partition coefficient (Wildman–Crippen LogP) is 1.46. The molecule has 0 saturated carbocycles. The van der Waals surface area contributed by atoms with Gasteiger partial charge in [0, 0.05) is 0 Å². The van der Waals surface area contributed by atoms with Crippen molar-refractivity contribution in [3.8, 4) is 0 Å². The van der Waals surface area contributed by atoms with E-state index in [0.717, 1.165) is 13.0 Å². The summed E-state index contributed by atoms with van der Waals surface area (Å²) in [4.78, 5) is 0. The Morgan fingerprint density at radius 2 is 2.30 bits per heavy atom. The average molecular weight is 162 g/mol. The Morgan fingerprint density at radius 3 is 2.70 bits per heavy atom. The van der Waals surface area contributed by atoms with Crippen LogP contribution in [0.2, 0.25) is 0 Å². The zero-order chi connectivity index (χ0) is 7.56. The second-order valence-electron chi connectivity index (χ2n) is 2.72. The van der Waals surface area contributed by atoms with Crippen LogP contribution in [0.15, 0.2) is 0 Å². The molecule has 0 radical (unpaired) electrons. The fraction of sp³-hybridized carbons (Fsp3) is 1.00. The highest BCUT2D eigenvalue weighted by Crippen LogP contribution is 2.16. The maximum atomic E-state index is 5.45. The van der Waals surface area contributed by atoms with E-state index >= 15 is 0 Å². The van der Waals surface area contributed by atoms with Gasteiger partial charge in [-0.1, -0.05) is 0 Å². The van der Waals surface area contributed by atoms with E-state index in [9.17, 15) is 0 Å². The summed E-state index contributed by atoms with van der Waals surface area (Å²) in [7, 11) is 0. The van der Waals surface area contributed by atoms with Crippen LogP contribution in [0.1, 0.15) is 20.3 Å². The van der Waals surface area contributed by atoms with Crippen molar-refractivity contribution in [3.63, 3.8) is 0 Å². The second kappa shape index (κ2) is 3.60. The summed E-state index contributed by atoms with van der Waals surface area (Å²) in [6, 6.07) is 0. The summed E-state index contributed by atoms with van der Waals surface area (Å²) in [5.74, 6) is 0. The van der Waals surface area contributed by atoms with Gasteiger partial charge in [0.25, 0.3) is 0 Å². The van der Waals surface area contributed by atoms with Gasteiger partial charge >= 0.3 is 0 Å². The van der Waals surface area contributed by atoms with Crippen molar-refractivity contribution in [2.45, 2.75) is 37.9 Å². The van der Waals surface area contributed by atoms with Gasteiger partial charge in [-0.3, -0.25) is 0 Å². The van der Waals surface area contributed by atoms with Gasteiger partial charge in [-0.2, -0.15) is 12.6 Å². The molecule has 10 heavy (non-hydrogen) atoms. The molecule has 2 nitrogen and oxygen atoms in total. The molecule has 0 amide bonds. The first-order valence-corrected chi connectivity index (χ1v) is 4.17. The topological polar surface area (TPSA) is 18.5 Å². The lowest BCUT2D eigenvalue weighted by Crippen LogP contribution is -2.35. The normalized spacial score (nSPS) is 37.5. The van der Waals surface area contributed by atoms with Crippen molar-refractivity contribution in [2.24, 2.45) is 0 Å². The van der Waals surface area contributed by atoms with Gasteiger partial charge in [-0.15, -0.1) is 0 Å². The zero-order valence-corrected chi connectivity index (χ0v) is 7.30. The highest BCUT2D eigenvalue weighted by atomic mass is 32.1. The molecule has 0 aromatic heterocycles. The minimum absolute atomic E-state index is 0.105. The van der Waals surface area contributed by atoms with Crippen molar-refractivity contribution in [3.05, 3.63) is 0 Å². The van der Waals surface area contributed by atoms with Gasteiger partial charge in [0.1, 0.15) is 0 Å². The molecule has 1 fully saturated rings. The molecule has 3 atom stereocenters. The lowest BCUT2D eigenvalue weighted by atomic mass is 10.2. The maximum Gasteiger partial charge on any atom is 0.169 e. The molecule has 0 aliphatic carbocycles. The van der Waals surface area contributed by atoms with Crippen molar-refractivity contribution in [1.29, 1.82) is 0 Å². The quantitative estimate of drug-likeness (QED) is 0.588. The molecule has 1 aliphatic heterocycles. The first kappa shape index (κ1) is 8.37. The van der Waals surface area contributed by atoms with E-state index in [1.54, 1.807) is 0 Å². The third-order valence-electron chi connectivity index (χ3n) is 1.57. The Kier molecular flexibility index (Phi) is 3.01. The van der Waals surface area contributed by atoms with Crippen molar-refractivity contribution >= 4 is 12.6 Å². The van der Waals surface area contributed by atoms with Crippen molar-refractivity contribution in [1.82, 2.24) is 0 Å². The maximum absolute atomic E-state index is 5.45. The van der Waals surface area contributed by atoms with Crippen LogP contribution in [0, 0.1) is 0 Å². The van der Waals surface area contributed by atoms with Crippen LogP contribution >= 0.6 is 12.6 Å². The molecule has 0 bridgehead atoms. The minimum Gasteiger partial charge on any atom is -0.351 e. The summed E-state index contributed by atoms with van der Waals surface area (Å²) >= 11 is 4.23. The predicted molar refractivity (Wildman–Crippen MR) is 43.4 cm³/mol. The van der Waals surface area contributed by atoms with Crippen LogP contribution in [0.25, 0.3) is 0 Å². The third kappa shape index (κ3) is 2.15.